The number of Topliss-reactive ketones (excluding diaryl/α,β-unsaturated/α-hetero) is 1. The van der Waals surface area contributed by atoms with Crippen molar-refractivity contribution in [3.8, 4) is 11.5 Å². The monoisotopic (exact) mass is 439 g/mol. The van der Waals surface area contributed by atoms with E-state index in [4.69, 9.17) is 14.2 Å². The van der Waals surface area contributed by atoms with Crippen LogP contribution in [0.25, 0.3) is 0 Å². The average Bonchev–Trinajstić information content (AvgIpc) is 3.26. The zero-order valence-corrected chi connectivity index (χ0v) is 18.7. The number of carbonyl (C=O) groups excluding carboxylic acids is 3. The van der Waals surface area contributed by atoms with Gasteiger partial charge >= 0.3 is 5.97 Å². The van der Waals surface area contributed by atoms with E-state index in [0.29, 0.717) is 35.8 Å². The highest BCUT2D eigenvalue weighted by molar-refractivity contribution is 6.01. The second-order valence-electron chi connectivity index (χ2n) is 7.54. The molecule has 1 amide bonds. The number of aryl methyl sites for hydroxylation is 2. The molecule has 1 aliphatic rings. The van der Waals surface area contributed by atoms with E-state index in [0.717, 1.165) is 19.3 Å². The molecular formula is C25H29NO6. The highest BCUT2D eigenvalue weighted by Crippen LogP contribution is 2.28. The molecule has 1 atom stereocenters. The third kappa shape index (κ3) is 5.66. The molecule has 7 heteroatoms. The first kappa shape index (κ1) is 23.3. The summed E-state index contributed by atoms with van der Waals surface area (Å²) in [6, 6.07) is 10.4. The van der Waals surface area contributed by atoms with Crippen molar-refractivity contribution in [1.29, 1.82) is 0 Å². The summed E-state index contributed by atoms with van der Waals surface area (Å²) < 4.78 is 16.2. The average molecular weight is 440 g/mol. The maximum Gasteiger partial charge on any atom is 0.326 e. The Hall–Kier alpha value is -3.35. The molecule has 0 fully saturated rings. The van der Waals surface area contributed by atoms with Crippen LogP contribution < -0.4 is 14.8 Å². The lowest BCUT2D eigenvalue weighted by molar-refractivity contribution is -0.145. The van der Waals surface area contributed by atoms with Gasteiger partial charge in [-0.05, 0) is 75.4 Å². The third-order valence-corrected chi connectivity index (χ3v) is 5.26. The van der Waals surface area contributed by atoms with Crippen LogP contribution in [-0.4, -0.2) is 43.5 Å². The predicted molar refractivity (Wildman–Crippen MR) is 119 cm³/mol. The minimum Gasteiger partial charge on any atom is -0.490 e. The smallest absolute Gasteiger partial charge is 0.326 e. The third-order valence-electron chi connectivity index (χ3n) is 5.26. The topological polar surface area (TPSA) is 90.9 Å². The standard InChI is InChI=1S/C25H29NO6/c1-4-30-21-12-11-20(14-22(21)31-5-2)25(29)26-15-23(27)32-16(3)24(28)19-10-9-17-7-6-8-18(17)13-19/h9-14,16H,4-8,15H2,1-3H3,(H,26,29). The number of benzene rings is 2. The Balaban J connectivity index is 1.54. The SMILES string of the molecule is CCOc1ccc(C(=O)NCC(=O)OC(C)C(=O)c2ccc3c(c2)CCC3)cc1OCC. The van der Waals surface area contributed by atoms with Crippen molar-refractivity contribution in [1.82, 2.24) is 5.32 Å². The van der Waals surface area contributed by atoms with Gasteiger partial charge in [0.25, 0.3) is 5.91 Å². The minimum atomic E-state index is -0.936. The van der Waals surface area contributed by atoms with Crippen molar-refractivity contribution in [2.24, 2.45) is 0 Å². The van der Waals surface area contributed by atoms with Crippen molar-refractivity contribution in [2.75, 3.05) is 19.8 Å². The molecule has 170 valence electrons. The molecule has 1 N–H and O–H groups in total. The van der Waals surface area contributed by atoms with Crippen LogP contribution in [-0.2, 0) is 22.4 Å². The Morgan fingerprint density at radius 2 is 1.59 bits per heavy atom. The van der Waals surface area contributed by atoms with Crippen LogP contribution in [0.4, 0.5) is 0 Å². The van der Waals surface area contributed by atoms with Crippen molar-refractivity contribution in [3.63, 3.8) is 0 Å². The minimum absolute atomic E-state index is 0.257. The molecule has 0 spiro atoms. The van der Waals surface area contributed by atoms with E-state index < -0.39 is 18.0 Å². The Morgan fingerprint density at radius 3 is 2.34 bits per heavy atom. The van der Waals surface area contributed by atoms with Gasteiger partial charge in [0.15, 0.2) is 17.6 Å². The van der Waals surface area contributed by atoms with E-state index in [1.54, 1.807) is 24.3 Å². The highest BCUT2D eigenvalue weighted by Gasteiger charge is 2.22. The molecule has 0 bridgehead atoms. The number of hydrogen-bond acceptors (Lipinski definition) is 6. The lowest BCUT2D eigenvalue weighted by Gasteiger charge is -2.14. The van der Waals surface area contributed by atoms with Gasteiger partial charge in [0.2, 0.25) is 5.78 Å². The number of rotatable bonds is 10. The number of amides is 1. The van der Waals surface area contributed by atoms with Gasteiger partial charge < -0.3 is 19.5 Å². The van der Waals surface area contributed by atoms with Crippen LogP contribution in [0.5, 0.6) is 11.5 Å². The molecule has 2 aromatic rings. The molecule has 0 aromatic heterocycles. The summed E-state index contributed by atoms with van der Waals surface area (Å²) in [5.74, 6) is -0.394. The maximum atomic E-state index is 12.6. The summed E-state index contributed by atoms with van der Waals surface area (Å²) in [6.07, 6.45) is 2.16. The molecule has 0 heterocycles. The largest absolute Gasteiger partial charge is 0.490 e. The van der Waals surface area contributed by atoms with Gasteiger partial charge in [0, 0.05) is 11.1 Å². The van der Waals surface area contributed by atoms with Gasteiger partial charge in [-0.3, -0.25) is 14.4 Å². The molecule has 1 unspecified atom stereocenters. The first-order valence-corrected chi connectivity index (χ1v) is 11.0. The molecule has 32 heavy (non-hydrogen) atoms. The lowest BCUT2D eigenvalue weighted by atomic mass is 10.0. The van der Waals surface area contributed by atoms with Gasteiger partial charge in [-0.15, -0.1) is 0 Å². The molecule has 3 rings (SSSR count). The normalized spacial score (nSPS) is 13.1. The summed E-state index contributed by atoms with van der Waals surface area (Å²) in [6.45, 7) is 5.78. The second kappa shape index (κ2) is 10.8. The van der Waals surface area contributed by atoms with E-state index in [1.807, 2.05) is 26.0 Å². The van der Waals surface area contributed by atoms with Crippen LogP contribution in [0.15, 0.2) is 36.4 Å². The Labute approximate surface area is 188 Å². The molecule has 0 saturated heterocycles. The van der Waals surface area contributed by atoms with Gasteiger partial charge in [0.05, 0.1) is 13.2 Å². The zero-order chi connectivity index (χ0) is 23.1. The molecular weight excluding hydrogens is 410 g/mol. The van der Waals surface area contributed by atoms with Crippen molar-refractivity contribution >= 4 is 17.7 Å². The summed E-state index contributed by atoms with van der Waals surface area (Å²) >= 11 is 0. The van der Waals surface area contributed by atoms with Crippen molar-refractivity contribution in [3.05, 3.63) is 58.7 Å². The lowest BCUT2D eigenvalue weighted by Crippen LogP contribution is -2.34. The summed E-state index contributed by atoms with van der Waals surface area (Å²) in [5, 5.41) is 2.52. The highest BCUT2D eigenvalue weighted by atomic mass is 16.5. The maximum absolute atomic E-state index is 12.6. The molecule has 1 aliphatic carbocycles. The van der Waals surface area contributed by atoms with E-state index in [1.165, 1.54) is 18.1 Å². The fraction of sp³-hybridized carbons (Fsp3) is 0.400. The quantitative estimate of drug-likeness (QED) is 0.450. The number of carbonyl (C=O) groups is 3. The van der Waals surface area contributed by atoms with Gasteiger partial charge in [0.1, 0.15) is 6.54 Å². The van der Waals surface area contributed by atoms with Crippen LogP contribution in [0.2, 0.25) is 0 Å². The van der Waals surface area contributed by atoms with Crippen molar-refractivity contribution in [2.45, 2.75) is 46.1 Å². The van der Waals surface area contributed by atoms with Crippen LogP contribution >= 0.6 is 0 Å². The molecule has 0 saturated carbocycles. The molecule has 7 nitrogen and oxygen atoms in total. The van der Waals surface area contributed by atoms with E-state index in [2.05, 4.69) is 5.32 Å². The van der Waals surface area contributed by atoms with Gasteiger partial charge in [-0.1, -0.05) is 12.1 Å². The molecule has 0 radical (unpaired) electrons. The Bertz CT molecular complexity index is 1000. The first-order chi connectivity index (χ1) is 15.4. The van der Waals surface area contributed by atoms with Crippen LogP contribution in [0, 0.1) is 0 Å². The fourth-order valence-corrected chi connectivity index (χ4v) is 3.70. The molecule has 2 aromatic carbocycles. The second-order valence-corrected chi connectivity index (χ2v) is 7.54. The number of ether oxygens (including phenoxy) is 3. The van der Waals surface area contributed by atoms with E-state index >= 15 is 0 Å². The fourth-order valence-electron chi connectivity index (χ4n) is 3.70. The number of nitrogens with one attached hydrogen (secondary N) is 1. The zero-order valence-electron chi connectivity index (χ0n) is 18.7. The number of hydrogen-bond donors (Lipinski definition) is 1. The number of fused-ring (bicyclic) bond motifs is 1. The summed E-state index contributed by atoms with van der Waals surface area (Å²) in [4.78, 5) is 37.3. The molecule has 0 aliphatic heterocycles. The van der Waals surface area contributed by atoms with E-state index in [-0.39, 0.29) is 12.3 Å². The van der Waals surface area contributed by atoms with Crippen LogP contribution in [0.1, 0.15) is 59.0 Å². The Kier molecular flexibility index (Phi) is 7.87. The summed E-state index contributed by atoms with van der Waals surface area (Å²) in [7, 11) is 0. The van der Waals surface area contributed by atoms with Gasteiger partial charge in [-0.2, -0.15) is 0 Å². The Morgan fingerprint density at radius 1 is 0.906 bits per heavy atom. The number of esters is 1. The predicted octanol–water partition coefficient (Wildman–Crippen LogP) is 3.52. The summed E-state index contributed by atoms with van der Waals surface area (Å²) in [5.41, 5.74) is 3.32. The van der Waals surface area contributed by atoms with Gasteiger partial charge in [-0.25, -0.2) is 0 Å². The van der Waals surface area contributed by atoms with Crippen LogP contribution in [0.3, 0.4) is 0 Å². The van der Waals surface area contributed by atoms with E-state index in [9.17, 15) is 14.4 Å². The first-order valence-electron chi connectivity index (χ1n) is 11.0. The van der Waals surface area contributed by atoms with Crippen molar-refractivity contribution < 1.29 is 28.6 Å². The number of ketones is 1.